The largest absolute Gasteiger partial charge is 0.468 e. The summed E-state index contributed by atoms with van der Waals surface area (Å²) in [5.41, 5.74) is 6.37. The first-order valence-electron chi connectivity index (χ1n) is 7.37. The van der Waals surface area contributed by atoms with Crippen molar-refractivity contribution in [3.05, 3.63) is 59.5 Å². The lowest BCUT2D eigenvalue weighted by Crippen LogP contribution is -2.50. The molecular formula is C17H21N3O3. The third kappa shape index (κ3) is 4.69. The molecule has 1 unspecified atom stereocenters. The Balaban J connectivity index is 1.84. The second kappa shape index (κ2) is 7.60. The summed E-state index contributed by atoms with van der Waals surface area (Å²) in [5, 5.41) is 0. The highest BCUT2D eigenvalue weighted by Gasteiger charge is 2.19. The summed E-state index contributed by atoms with van der Waals surface area (Å²) in [6.07, 6.45) is 1.59. The van der Waals surface area contributed by atoms with Crippen molar-refractivity contribution in [3.63, 3.8) is 0 Å². The summed E-state index contributed by atoms with van der Waals surface area (Å²) in [6.45, 7) is 4.17. The van der Waals surface area contributed by atoms with Crippen molar-refractivity contribution in [2.45, 2.75) is 26.4 Å². The SMILES string of the molecule is Cc1cccc(C(=O)NNC(=O)C(C)N(C)Cc2ccco2)c1. The molecular weight excluding hydrogens is 294 g/mol. The van der Waals surface area contributed by atoms with Crippen molar-refractivity contribution in [3.8, 4) is 0 Å². The first-order valence-corrected chi connectivity index (χ1v) is 7.37. The van der Waals surface area contributed by atoms with Gasteiger partial charge in [-0.05, 0) is 45.2 Å². The van der Waals surface area contributed by atoms with Gasteiger partial charge in [-0.15, -0.1) is 0 Å². The average Bonchev–Trinajstić information content (AvgIpc) is 3.04. The van der Waals surface area contributed by atoms with Crippen molar-refractivity contribution in [1.29, 1.82) is 0 Å². The van der Waals surface area contributed by atoms with Crippen LogP contribution in [0.15, 0.2) is 47.1 Å². The van der Waals surface area contributed by atoms with Gasteiger partial charge in [0.1, 0.15) is 5.76 Å². The van der Waals surface area contributed by atoms with Crippen molar-refractivity contribution >= 4 is 11.8 Å². The number of carbonyl (C=O) groups excluding carboxylic acids is 2. The molecule has 1 aromatic carbocycles. The topological polar surface area (TPSA) is 74.6 Å². The fraction of sp³-hybridized carbons (Fsp3) is 0.294. The molecule has 1 heterocycles. The molecule has 0 saturated heterocycles. The fourth-order valence-corrected chi connectivity index (χ4v) is 2.07. The highest BCUT2D eigenvalue weighted by atomic mass is 16.3. The first-order chi connectivity index (χ1) is 11.0. The number of nitrogens with zero attached hydrogens (tertiary/aromatic N) is 1. The molecule has 1 aromatic heterocycles. The molecule has 2 aromatic rings. The van der Waals surface area contributed by atoms with E-state index in [1.165, 1.54) is 0 Å². The van der Waals surface area contributed by atoms with E-state index in [2.05, 4.69) is 10.9 Å². The van der Waals surface area contributed by atoms with E-state index in [0.717, 1.165) is 11.3 Å². The molecule has 2 amide bonds. The van der Waals surface area contributed by atoms with E-state index in [9.17, 15) is 9.59 Å². The molecule has 0 bridgehead atoms. The summed E-state index contributed by atoms with van der Waals surface area (Å²) in [4.78, 5) is 25.9. The van der Waals surface area contributed by atoms with Gasteiger partial charge in [0, 0.05) is 5.56 Å². The Morgan fingerprint density at radius 2 is 2.00 bits per heavy atom. The highest BCUT2D eigenvalue weighted by molar-refractivity contribution is 5.95. The zero-order chi connectivity index (χ0) is 16.8. The number of rotatable bonds is 5. The number of carbonyl (C=O) groups is 2. The van der Waals surface area contributed by atoms with Crippen LogP contribution in [0.2, 0.25) is 0 Å². The molecule has 1 atom stereocenters. The zero-order valence-electron chi connectivity index (χ0n) is 13.5. The smallest absolute Gasteiger partial charge is 0.269 e. The zero-order valence-corrected chi connectivity index (χ0v) is 13.5. The van der Waals surface area contributed by atoms with Crippen molar-refractivity contribution in [2.24, 2.45) is 0 Å². The van der Waals surface area contributed by atoms with E-state index in [4.69, 9.17) is 4.42 Å². The van der Waals surface area contributed by atoms with E-state index in [1.54, 1.807) is 37.5 Å². The number of hydrazine groups is 1. The van der Waals surface area contributed by atoms with Gasteiger partial charge >= 0.3 is 0 Å². The fourth-order valence-electron chi connectivity index (χ4n) is 2.07. The van der Waals surface area contributed by atoms with Gasteiger partial charge in [0.25, 0.3) is 11.8 Å². The van der Waals surface area contributed by atoms with Crippen molar-refractivity contribution in [2.75, 3.05) is 7.05 Å². The monoisotopic (exact) mass is 315 g/mol. The third-order valence-electron chi connectivity index (χ3n) is 3.61. The summed E-state index contributed by atoms with van der Waals surface area (Å²) in [5.74, 6) is 0.138. The maximum Gasteiger partial charge on any atom is 0.269 e. The van der Waals surface area contributed by atoms with Crippen LogP contribution >= 0.6 is 0 Å². The van der Waals surface area contributed by atoms with Gasteiger partial charge in [-0.1, -0.05) is 17.7 Å². The van der Waals surface area contributed by atoms with Crippen molar-refractivity contribution < 1.29 is 14.0 Å². The van der Waals surface area contributed by atoms with Crippen molar-refractivity contribution in [1.82, 2.24) is 15.8 Å². The molecule has 0 spiro atoms. The average molecular weight is 315 g/mol. The Morgan fingerprint density at radius 3 is 2.65 bits per heavy atom. The number of aryl methyl sites for hydroxylation is 1. The van der Waals surface area contributed by atoms with E-state index >= 15 is 0 Å². The van der Waals surface area contributed by atoms with E-state index in [1.807, 2.05) is 31.0 Å². The van der Waals surface area contributed by atoms with E-state index < -0.39 is 6.04 Å². The van der Waals surface area contributed by atoms with Crippen LogP contribution < -0.4 is 10.9 Å². The Bertz CT molecular complexity index is 667. The van der Waals surface area contributed by atoms with E-state index in [-0.39, 0.29) is 11.8 Å². The minimum absolute atomic E-state index is 0.292. The lowest BCUT2D eigenvalue weighted by molar-refractivity contribution is -0.126. The predicted molar refractivity (Wildman–Crippen MR) is 86.4 cm³/mol. The number of furan rings is 1. The molecule has 0 saturated carbocycles. The minimum Gasteiger partial charge on any atom is -0.468 e. The van der Waals surface area contributed by atoms with Gasteiger partial charge in [0.2, 0.25) is 0 Å². The molecule has 0 radical (unpaired) electrons. The lowest BCUT2D eigenvalue weighted by Gasteiger charge is -2.22. The van der Waals surface area contributed by atoms with Crippen LogP contribution in [0.25, 0.3) is 0 Å². The number of benzene rings is 1. The molecule has 0 aliphatic heterocycles. The third-order valence-corrected chi connectivity index (χ3v) is 3.61. The van der Waals surface area contributed by atoms with Crippen LogP contribution in [-0.2, 0) is 11.3 Å². The summed E-state index contributed by atoms with van der Waals surface area (Å²) in [6, 6.07) is 10.4. The van der Waals surface area contributed by atoms with Crippen LogP contribution in [0.5, 0.6) is 0 Å². The molecule has 2 rings (SSSR count). The molecule has 6 heteroatoms. The minimum atomic E-state index is -0.419. The van der Waals surface area contributed by atoms with Crippen LogP contribution in [-0.4, -0.2) is 29.8 Å². The first kappa shape index (κ1) is 16.8. The van der Waals surface area contributed by atoms with Gasteiger partial charge in [0.05, 0.1) is 18.8 Å². The number of amides is 2. The second-order valence-corrected chi connectivity index (χ2v) is 5.48. The predicted octanol–water partition coefficient (Wildman–Crippen LogP) is 1.87. The van der Waals surface area contributed by atoms with Gasteiger partial charge in [-0.25, -0.2) is 0 Å². The van der Waals surface area contributed by atoms with Gasteiger partial charge in [-0.3, -0.25) is 25.3 Å². The molecule has 23 heavy (non-hydrogen) atoms. The van der Waals surface area contributed by atoms with Crippen LogP contribution in [0.1, 0.15) is 28.6 Å². The van der Waals surface area contributed by atoms with E-state index in [0.29, 0.717) is 12.1 Å². The van der Waals surface area contributed by atoms with Crippen LogP contribution in [0.4, 0.5) is 0 Å². The quantitative estimate of drug-likeness (QED) is 0.826. The summed E-state index contributed by atoms with van der Waals surface area (Å²) < 4.78 is 5.26. The lowest BCUT2D eigenvalue weighted by atomic mass is 10.1. The maximum absolute atomic E-state index is 12.1. The normalized spacial score (nSPS) is 12.0. The molecule has 6 nitrogen and oxygen atoms in total. The number of nitrogens with one attached hydrogen (secondary N) is 2. The molecule has 2 N–H and O–H groups in total. The highest BCUT2D eigenvalue weighted by Crippen LogP contribution is 2.07. The maximum atomic E-state index is 12.1. The van der Waals surface area contributed by atoms with Gasteiger partial charge < -0.3 is 4.42 Å². The van der Waals surface area contributed by atoms with Crippen LogP contribution in [0, 0.1) is 6.92 Å². The Morgan fingerprint density at radius 1 is 1.22 bits per heavy atom. The Labute approximate surface area is 135 Å². The van der Waals surface area contributed by atoms with Gasteiger partial charge in [-0.2, -0.15) is 0 Å². The summed E-state index contributed by atoms with van der Waals surface area (Å²) in [7, 11) is 1.81. The number of likely N-dealkylation sites (N-methyl/N-ethyl adjacent to an activating group) is 1. The number of hydrogen-bond donors (Lipinski definition) is 2. The Kier molecular flexibility index (Phi) is 5.54. The van der Waals surface area contributed by atoms with Crippen LogP contribution in [0.3, 0.4) is 0 Å². The Hall–Kier alpha value is -2.60. The molecule has 122 valence electrons. The molecule has 0 aliphatic carbocycles. The second-order valence-electron chi connectivity index (χ2n) is 5.48. The standard InChI is InChI=1S/C17H21N3O3/c1-12-6-4-7-14(10-12)17(22)19-18-16(21)13(2)20(3)11-15-8-5-9-23-15/h4-10,13H,11H2,1-3H3,(H,18,21)(H,19,22). The molecule has 0 fully saturated rings. The summed E-state index contributed by atoms with van der Waals surface area (Å²) >= 11 is 0. The van der Waals surface area contributed by atoms with Gasteiger partial charge in [0.15, 0.2) is 0 Å². The number of hydrogen-bond acceptors (Lipinski definition) is 4. The molecule has 0 aliphatic rings.